The van der Waals surface area contributed by atoms with Gasteiger partial charge in [0.15, 0.2) is 0 Å². The summed E-state index contributed by atoms with van der Waals surface area (Å²) in [5, 5.41) is 0. The molecule has 0 aromatic heterocycles. The number of halogens is 3. The molecule has 15 heavy (non-hydrogen) atoms. The maximum absolute atomic E-state index is 11.7. The van der Waals surface area contributed by atoms with Crippen molar-refractivity contribution in [2.24, 2.45) is 0 Å². The first-order valence-electron chi connectivity index (χ1n) is 4.47. The Bertz CT molecular complexity index is 286. The van der Waals surface area contributed by atoms with Gasteiger partial charge in [0, 0.05) is 5.75 Å². The summed E-state index contributed by atoms with van der Waals surface area (Å²) in [7, 11) is 0. The zero-order chi connectivity index (χ0) is 11.9. The van der Waals surface area contributed by atoms with Gasteiger partial charge in [-0.2, -0.15) is 12.6 Å². The van der Waals surface area contributed by atoms with Crippen molar-refractivity contribution in [3.8, 4) is 5.75 Å². The topological polar surface area (TPSA) is 9.23 Å². The minimum Gasteiger partial charge on any atom is -0.406 e. The van der Waals surface area contributed by atoms with Crippen molar-refractivity contribution in [1.29, 1.82) is 0 Å². The Labute approximate surface area is 92.7 Å². The monoisotopic (exact) mass is 238 g/mol. The van der Waals surface area contributed by atoms with E-state index >= 15 is 0 Å². The number of rotatable bonds is 2. The van der Waals surface area contributed by atoms with E-state index in [0.29, 0.717) is 11.3 Å². The predicted molar refractivity (Wildman–Crippen MR) is 57.2 cm³/mol. The maximum Gasteiger partial charge on any atom is 0.573 e. The Kier molecular flexibility index (Phi) is 6.24. The van der Waals surface area contributed by atoms with Crippen LogP contribution in [0, 0.1) is 0 Å². The highest BCUT2D eigenvalue weighted by atomic mass is 32.1. The van der Waals surface area contributed by atoms with Crippen LogP contribution in [0.15, 0.2) is 24.3 Å². The lowest BCUT2D eigenvalue weighted by Gasteiger charge is -2.08. The molecule has 1 aromatic rings. The molecule has 1 nitrogen and oxygen atoms in total. The summed E-state index contributed by atoms with van der Waals surface area (Å²) in [6.07, 6.45) is -4.63. The van der Waals surface area contributed by atoms with Crippen LogP contribution in [0.1, 0.15) is 19.4 Å². The molecule has 86 valence electrons. The fourth-order valence-electron chi connectivity index (χ4n) is 0.841. The second-order valence-corrected chi connectivity index (χ2v) is 2.67. The maximum atomic E-state index is 11.7. The third kappa shape index (κ3) is 6.28. The van der Waals surface area contributed by atoms with Gasteiger partial charge >= 0.3 is 6.36 Å². The molecule has 1 aromatic carbocycles. The van der Waals surface area contributed by atoms with E-state index in [1.165, 1.54) is 18.2 Å². The van der Waals surface area contributed by atoms with Crippen molar-refractivity contribution < 1.29 is 17.9 Å². The fraction of sp³-hybridized carbons (Fsp3) is 0.400. The van der Waals surface area contributed by atoms with E-state index in [1.54, 1.807) is 6.07 Å². The van der Waals surface area contributed by atoms with E-state index in [2.05, 4.69) is 17.4 Å². The summed E-state index contributed by atoms with van der Waals surface area (Å²) >= 11 is 3.93. The van der Waals surface area contributed by atoms with Crippen LogP contribution in [0.5, 0.6) is 5.75 Å². The van der Waals surface area contributed by atoms with E-state index < -0.39 is 6.36 Å². The van der Waals surface area contributed by atoms with Gasteiger partial charge in [0.05, 0.1) is 0 Å². The van der Waals surface area contributed by atoms with Gasteiger partial charge in [-0.3, -0.25) is 0 Å². The van der Waals surface area contributed by atoms with E-state index in [-0.39, 0.29) is 5.75 Å². The molecule has 0 atom stereocenters. The van der Waals surface area contributed by atoms with E-state index in [0.717, 1.165) is 0 Å². The van der Waals surface area contributed by atoms with Gasteiger partial charge in [-0.25, -0.2) is 0 Å². The lowest BCUT2D eigenvalue weighted by molar-refractivity contribution is -0.274. The van der Waals surface area contributed by atoms with Crippen LogP contribution in [-0.2, 0) is 5.75 Å². The molecule has 0 aliphatic rings. The van der Waals surface area contributed by atoms with Crippen molar-refractivity contribution in [3.05, 3.63) is 29.8 Å². The molecule has 0 heterocycles. The zero-order valence-corrected chi connectivity index (χ0v) is 9.40. The second kappa shape index (κ2) is 6.61. The van der Waals surface area contributed by atoms with Crippen LogP contribution in [0.2, 0.25) is 0 Å². The summed E-state index contributed by atoms with van der Waals surface area (Å²) in [6.45, 7) is 4.00. The molecule has 0 fully saturated rings. The summed E-state index contributed by atoms with van der Waals surface area (Å²) in [4.78, 5) is 0. The van der Waals surface area contributed by atoms with Crippen LogP contribution < -0.4 is 4.74 Å². The first-order valence-corrected chi connectivity index (χ1v) is 5.10. The minimum absolute atomic E-state index is 0.209. The Morgan fingerprint density at radius 2 is 1.87 bits per heavy atom. The second-order valence-electron chi connectivity index (χ2n) is 2.35. The van der Waals surface area contributed by atoms with Gasteiger partial charge in [0.2, 0.25) is 0 Å². The third-order valence-corrected chi connectivity index (χ3v) is 1.68. The number of alkyl halides is 3. The van der Waals surface area contributed by atoms with Gasteiger partial charge in [-0.1, -0.05) is 26.0 Å². The lowest BCUT2D eigenvalue weighted by atomic mass is 10.2. The highest BCUT2D eigenvalue weighted by molar-refractivity contribution is 7.79. The quantitative estimate of drug-likeness (QED) is 0.765. The fourth-order valence-corrected chi connectivity index (χ4v) is 1.04. The molecule has 0 bridgehead atoms. The third-order valence-electron chi connectivity index (χ3n) is 1.31. The summed E-state index contributed by atoms with van der Waals surface area (Å²) in [5.74, 6) is 0.175. The first kappa shape index (κ1) is 14.2. The Morgan fingerprint density at radius 1 is 1.27 bits per heavy atom. The van der Waals surface area contributed by atoms with Crippen molar-refractivity contribution in [2.45, 2.75) is 26.0 Å². The van der Waals surface area contributed by atoms with E-state index in [4.69, 9.17) is 0 Å². The molecule has 0 aliphatic heterocycles. The van der Waals surface area contributed by atoms with E-state index in [1.807, 2.05) is 13.8 Å². The molecular formula is C10H13F3OS. The lowest BCUT2D eigenvalue weighted by Crippen LogP contribution is -2.17. The molecule has 1 rings (SSSR count). The van der Waals surface area contributed by atoms with Crippen LogP contribution in [0.4, 0.5) is 13.2 Å². The highest BCUT2D eigenvalue weighted by Crippen LogP contribution is 2.23. The molecular weight excluding hydrogens is 225 g/mol. The molecule has 0 aliphatic carbocycles. The zero-order valence-electron chi connectivity index (χ0n) is 8.51. The number of thiol groups is 1. The summed E-state index contributed by atoms with van der Waals surface area (Å²) < 4.78 is 38.9. The predicted octanol–water partition coefficient (Wildman–Crippen LogP) is 4.04. The van der Waals surface area contributed by atoms with Gasteiger partial charge in [-0.15, -0.1) is 13.2 Å². The number of hydrogen-bond acceptors (Lipinski definition) is 2. The van der Waals surface area contributed by atoms with Crippen molar-refractivity contribution in [2.75, 3.05) is 0 Å². The SMILES string of the molecule is CC.FC(F)(F)Oc1cccc(CS)c1. The first-order chi connectivity index (χ1) is 7.01. The average Bonchev–Trinajstić information content (AvgIpc) is 2.19. The van der Waals surface area contributed by atoms with Crippen LogP contribution in [0.25, 0.3) is 0 Å². The number of ether oxygens (including phenoxy) is 1. The Hall–Kier alpha value is -0.840. The van der Waals surface area contributed by atoms with Crippen LogP contribution in [-0.4, -0.2) is 6.36 Å². The largest absolute Gasteiger partial charge is 0.573 e. The average molecular weight is 238 g/mol. The Balaban J connectivity index is 0.000000921. The highest BCUT2D eigenvalue weighted by Gasteiger charge is 2.30. The smallest absolute Gasteiger partial charge is 0.406 e. The van der Waals surface area contributed by atoms with Crippen LogP contribution >= 0.6 is 12.6 Å². The number of hydrogen-bond donors (Lipinski definition) is 1. The van der Waals surface area contributed by atoms with Crippen molar-refractivity contribution in [3.63, 3.8) is 0 Å². The molecule has 0 spiro atoms. The molecule has 0 saturated heterocycles. The van der Waals surface area contributed by atoms with Gasteiger partial charge in [0.25, 0.3) is 0 Å². The van der Waals surface area contributed by atoms with Crippen molar-refractivity contribution >= 4 is 12.6 Å². The molecule has 0 amide bonds. The molecule has 0 radical (unpaired) electrons. The van der Waals surface area contributed by atoms with Crippen LogP contribution in [0.3, 0.4) is 0 Å². The Morgan fingerprint density at radius 3 is 2.33 bits per heavy atom. The van der Waals surface area contributed by atoms with Gasteiger partial charge in [-0.05, 0) is 17.7 Å². The molecule has 0 saturated carbocycles. The minimum atomic E-state index is -4.63. The molecule has 5 heteroatoms. The summed E-state index contributed by atoms with van der Waals surface area (Å²) in [6, 6.07) is 5.73. The number of benzene rings is 1. The van der Waals surface area contributed by atoms with Crippen molar-refractivity contribution in [1.82, 2.24) is 0 Å². The van der Waals surface area contributed by atoms with Gasteiger partial charge < -0.3 is 4.74 Å². The standard InChI is InChI=1S/C8H7F3OS.C2H6/c9-8(10,11)12-7-3-1-2-6(4-7)5-13;1-2/h1-4,13H,5H2;1-2H3. The summed E-state index contributed by atoms with van der Waals surface area (Å²) in [5.41, 5.74) is 0.685. The van der Waals surface area contributed by atoms with Gasteiger partial charge in [0.1, 0.15) is 5.75 Å². The van der Waals surface area contributed by atoms with E-state index in [9.17, 15) is 13.2 Å². The molecule has 0 unspecified atom stereocenters. The molecule has 0 N–H and O–H groups in total. The normalized spacial score (nSPS) is 10.3.